The van der Waals surface area contributed by atoms with Crippen LogP contribution in [0.1, 0.15) is 121 Å². The van der Waals surface area contributed by atoms with Gasteiger partial charge in [0.15, 0.2) is 5.84 Å². The Hall–Kier alpha value is -2.37. The summed E-state index contributed by atoms with van der Waals surface area (Å²) in [4.78, 5) is 35.6. The molecule has 1 saturated carbocycles. The van der Waals surface area contributed by atoms with E-state index in [9.17, 15) is 14.7 Å². The monoisotopic (exact) mass is 509 g/mol. The molecule has 2 fully saturated rings. The zero-order valence-corrected chi connectivity index (χ0v) is 23.8. The third kappa shape index (κ3) is 5.73. The minimum absolute atomic E-state index is 0.0670. The Morgan fingerprint density at radius 3 is 2.19 bits per heavy atom. The number of carboxylic acids is 1. The third-order valence-electron chi connectivity index (χ3n) is 9.29. The minimum Gasteiger partial charge on any atom is -0.478 e. The fourth-order valence-electron chi connectivity index (χ4n) is 6.55. The third-order valence-corrected chi connectivity index (χ3v) is 9.29. The summed E-state index contributed by atoms with van der Waals surface area (Å²) in [5.41, 5.74) is 1.33. The highest BCUT2D eigenvalue weighted by Crippen LogP contribution is 2.50. The second-order valence-electron chi connectivity index (χ2n) is 13.5. The Bertz CT molecular complexity index is 1000. The van der Waals surface area contributed by atoms with Crippen molar-refractivity contribution in [3.8, 4) is 0 Å². The number of benzene rings is 1. The van der Waals surface area contributed by atoms with Crippen molar-refractivity contribution in [2.24, 2.45) is 21.7 Å². The number of aromatic carboxylic acids is 1. The van der Waals surface area contributed by atoms with Gasteiger partial charge < -0.3 is 14.9 Å². The van der Waals surface area contributed by atoms with Gasteiger partial charge in [-0.3, -0.25) is 4.79 Å². The van der Waals surface area contributed by atoms with Crippen LogP contribution < -0.4 is 0 Å². The summed E-state index contributed by atoms with van der Waals surface area (Å²) in [6.45, 7) is 15.5. The number of carbonyl (C=O) groups is 2. The molecule has 1 amide bonds. The van der Waals surface area contributed by atoms with Crippen molar-refractivity contribution in [1.82, 2.24) is 9.80 Å². The van der Waals surface area contributed by atoms with Crippen LogP contribution in [0.25, 0.3) is 0 Å². The quantitative estimate of drug-likeness (QED) is 0.452. The number of nitrogens with zero attached hydrogens (tertiary/aromatic N) is 3. The first-order valence-corrected chi connectivity index (χ1v) is 14.4. The van der Waals surface area contributed by atoms with Crippen molar-refractivity contribution >= 4 is 17.7 Å². The summed E-state index contributed by atoms with van der Waals surface area (Å²) >= 11 is 0. The number of rotatable bonds is 6. The molecule has 37 heavy (non-hydrogen) atoms. The van der Waals surface area contributed by atoms with Crippen molar-refractivity contribution in [3.63, 3.8) is 0 Å². The number of piperidine rings is 1. The molecular formula is C31H47N3O3. The molecule has 6 nitrogen and oxygen atoms in total. The highest BCUT2D eigenvalue weighted by molar-refractivity contribution is 6.39. The molecule has 1 aromatic carbocycles. The molecule has 0 unspecified atom stereocenters. The number of unbranched alkanes of at least 4 members (excludes halogenated alkanes) is 1. The molecule has 204 valence electrons. The lowest BCUT2D eigenvalue weighted by molar-refractivity contribution is -0.134. The van der Waals surface area contributed by atoms with Crippen molar-refractivity contribution in [3.05, 3.63) is 35.4 Å². The van der Waals surface area contributed by atoms with Crippen LogP contribution in [0.4, 0.5) is 0 Å². The number of carboxylic acid groups (broad SMARTS) is 1. The molecule has 2 heterocycles. The summed E-state index contributed by atoms with van der Waals surface area (Å²) < 4.78 is 0. The largest absolute Gasteiger partial charge is 0.478 e. The van der Waals surface area contributed by atoms with E-state index < -0.39 is 11.6 Å². The predicted octanol–water partition coefficient (Wildman–Crippen LogP) is 6.91. The molecule has 0 radical (unpaired) electrons. The molecule has 0 aromatic heterocycles. The number of aliphatic imine (C=N–C) groups is 1. The zero-order chi connectivity index (χ0) is 27.0. The number of amidine groups is 1. The minimum atomic E-state index is -0.926. The van der Waals surface area contributed by atoms with Crippen molar-refractivity contribution in [1.29, 1.82) is 0 Å². The van der Waals surface area contributed by atoms with Gasteiger partial charge in [0.05, 0.1) is 11.6 Å². The van der Waals surface area contributed by atoms with Gasteiger partial charge in [-0.05, 0) is 79.4 Å². The fourth-order valence-corrected chi connectivity index (χ4v) is 6.55. The van der Waals surface area contributed by atoms with E-state index in [0.29, 0.717) is 17.2 Å². The molecule has 1 saturated heterocycles. The van der Waals surface area contributed by atoms with Crippen LogP contribution in [0, 0.1) is 16.7 Å². The maximum atomic E-state index is 14.3. The first-order valence-electron chi connectivity index (χ1n) is 14.4. The smallest absolute Gasteiger partial charge is 0.335 e. The average molecular weight is 510 g/mol. The summed E-state index contributed by atoms with van der Waals surface area (Å²) in [6, 6.07) is 7.06. The van der Waals surface area contributed by atoms with Crippen molar-refractivity contribution in [2.45, 2.75) is 111 Å². The molecule has 1 spiro atoms. The van der Waals surface area contributed by atoms with Gasteiger partial charge >= 0.3 is 5.97 Å². The van der Waals surface area contributed by atoms with Crippen molar-refractivity contribution < 1.29 is 14.7 Å². The number of hydrogen-bond donors (Lipinski definition) is 1. The predicted molar refractivity (Wildman–Crippen MR) is 149 cm³/mol. The average Bonchev–Trinajstić information content (AvgIpc) is 3.11. The lowest BCUT2D eigenvalue weighted by Gasteiger charge is -2.47. The zero-order valence-electron chi connectivity index (χ0n) is 23.8. The molecule has 1 aromatic rings. The Labute approximate surface area is 223 Å². The summed E-state index contributed by atoms with van der Waals surface area (Å²) in [6.07, 6.45) is 8.93. The molecular weight excluding hydrogens is 462 g/mol. The highest BCUT2D eigenvalue weighted by Gasteiger charge is 2.53. The first-order chi connectivity index (χ1) is 17.4. The summed E-state index contributed by atoms with van der Waals surface area (Å²) in [5.74, 6) is 0.421. The van der Waals surface area contributed by atoms with Crippen molar-refractivity contribution in [2.75, 3.05) is 13.1 Å². The van der Waals surface area contributed by atoms with E-state index in [0.717, 1.165) is 76.4 Å². The van der Waals surface area contributed by atoms with E-state index >= 15 is 0 Å². The van der Waals surface area contributed by atoms with E-state index in [1.54, 1.807) is 12.1 Å². The van der Waals surface area contributed by atoms with Crippen LogP contribution in [0.3, 0.4) is 0 Å². The molecule has 3 aliphatic rings. The molecule has 6 heteroatoms. The molecule has 4 rings (SSSR count). The van der Waals surface area contributed by atoms with Crippen LogP contribution >= 0.6 is 0 Å². The maximum Gasteiger partial charge on any atom is 0.335 e. The molecule has 2 aliphatic heterocycles. The Kier molecular flexibility index (Phi) is 7.79. The number of likely N-dealkylation sites (tertiary alicyclic amines) is 1. The van der Waals surface area contributed by atoms with Gasteiger partial charge in [0.25, 0.3) is 5.91 Å². The number of hydrogen-bond acceptors (Lipinski definition) is 4. The van der Waals surface area contributed by atoms with Crippen LogP contribution in [-0.2, 0) is 4.79 Å². The Balaban J connectivity index is 1.71. The van der Waals surface area contributed by atoms with Gasteiger partial charge in [0.2, 0.25) is 0 Å². The second kappa shape index (κ2) is 10.4. The lowest BCUT2D eigenvalue weighted by atomic mass is 9.69. The van der Waals surface area contributed by atoms with E-state index in [4.69, 9.17) is 4.99 Å². The molecule has 1 N–H and O–H groups in total. The van der Waals surface area contributed by atoms with Crippen LogP contribution in [0.15, 0.2) is 29.3 Å². The summed E-state index contributed by atoms with van der Waals surface area (Å²) in [5, 5.41) is 9.43. The van der Waals surface area contributed by atoms with E-state index in [2.05, 4.69) is 51.3 Å². The lowest BCUT2D eigenvalue weighted by Crippen LogP contribution is -2.52. The SMILES string of the molecule is CCCC[C@H](c1ccc(C(=O)O)cc1)N1C(=O)C(N2CCC(C)(C)CC2)=NC12CCC(C(C)(C)C)CC2. The first kappa shape index (κ1) is 27.7. The standard InChI is InChI=1S/C31H47N3O3/c1-7-8-9-25(22-10-12-23(13-11-22)28(36)37)34-27(35)26(33-20-18-30(5,6)19-21-33)32-31(34)16-14-24(15-17-31)29(2,3)4/h10-13,24-25H,7-9,14-21H2,1-6H3,(H,36,37)/t24?,25-,31?/m1/s1. The molecule has 1 aliphatic carbocycles. The Morgan fingerprint density at radius 1 is 1.08 bits per heavy atom. The van der Waals surface area contributed by atoms with Gasteiger partial charge in [-0.25, -0.2) is 9.79 Å². The second-order valence-corrected chi connectivity index (χ2v) is 13.5. The van der Waals surface area contributed by atoms with E-state index in [1.165, 1.54) is 0 Å². The van der Waals surface area contributed by atoms with Gasteiger partial charge in [0, 0.05) is 13.1 Å². The van der Waals surface area contributed by atoms with Crippen LogP contribution in [-0.4, -0.2) is 51.4 Å². The van der Waals surface area contributed by atoms with Gasteiger partial charge in [0.1, 0.15) is 5.66 Å². The number of carbonyl (C=O) groups excluding carboxylic acids is 1. The van der Waals surface area contributed by atoms with Gasteiger partial charge in [-0.15, -0.1) is 0 Å². The van der Waals surface area contributed by atoms with Gasteiger partial charge in [-0.2, -0.15) is 0 Å². The topological polar surface area (TPSA) is 73.2 Å². The molecule has 1 atom stereocenters. The normalized spacial score (nSPS) is 26.9. The highest BCUT2D eigenvalue weighted by atomic mass is 16.4. The van der Waals surface area contributed by atoms with Gasteiger partial charge in [-0.1, -0.05) is 66.5 Å². The maximum absolute atomic E-state index is 14.3. The fraction of sp³-hybridized carbons (Fsp3) is 0.710. The Morgan fingerprint density at radius 2 is 1.68 bits per heavy atom. The van der Waals surface area contributed by atoms with Crippen LogP contribution in [0.5, 0.6) is 0 Å². The van der Waals surface area contributed by atoms with Crippen LogP contribution in [0.2, 0.25) is 0 Å². The summed E-state index contributed by atoms with van der Waals surface area (Å²) in [7, 11) is 0. The number of amides is 1. The van der Waals surface area contributed by atoms with E-state index in [1.807, 2.05) is 12.1 Å². The van der Waals surface area contributed by atoms with E-state index in [-0.39, 0.29) is 22.9 Å². The molecule has 0 bridgehead atoms.